The molecule has 1 aliphatic heterocycles. The Morgan fingerprint density at radius 2 is 1.41 bits per heavy atom. The van der Waals surface area contributed by atoms with Gasteiger partial charge in [0.05, 0.1) is 39.5 Å². The third-order valence-electron chi connectivity index (χ3n) is 8.28. The first-order valence-electron chi connectivity index (χ1n) is 15.7. The Bertz CT molecular complexity index is 640. The molecule has 0 aromatic heterocycles. The van der Waals surface area contributed by atoms with Gasteiger partial charge in [-0.05, 0) is 57.8 Å². The van der Waals surface area contributed by atoms with Crippen molar-refractivity contribution < 1.29 is 27.7 Å². The third kappa shape index (κ3) is 16.5. The molecular weight excluding hydrogens is 485 g/mol. The first kappa shape index (κ1) is 33.0. The number of unbranched alkanes of at least 4 members (excludes halogenated alkanes) is 11. The second-order valence-electron chi connectivity index (χ2n) is 11.7. The second kappa shape index (κ2) is 19.8. The van der Waals surface area contributed by atoms with Gasteiger partial charge in [-0.25, -0.2) is 0 Å². The minimum atomic E-state index is -4.25. The first-order valence-corrected chi connectivity index (χ1v) is 17.1. The van der Waals surface area contributed by atoms with Crippen LogP contribution in [0.15, 0.2) is 11.6 Å². The maximum atomic E-state index is 12.0. The number of likely N-dealkylation sites (N-methyl/N-ethyl adjacent to an activating group) is 1. The summed E-state index contributed by atoms with van der Waals surface area (Å²) in [6.07, 6.45) is 27.1. The molecule has 0 spiro atoms. The van der Waals surface area contributed by atoms with Crippen LogP contribution in [0.3, 0.4) is 0 Å². The fourth-order valence-electron chi connectivity index (χ4n) is 5.72. The van der Waals surface area contributed by atoms with Gasteiger partial charge in [0, 0.05) is 0 Å². The van der Waals surface area contributed by atoms with E-state index in [0.29, 0.717) is 13.2 Å². The van der Waals surface area contributed by atoms with E-state index in [9.17, 15) is 9.46 Å². The maximum absolute atomic E-state index is 12.0. The quantitative estimate of drug-likeness (QED) is 0.0642. The highest BCUT2D eigenvalue weighted by Crippen LogP contribution is 2.38. The summed E-state index contributed by atoms with van der Waals surface area (Å²) in [5, 5.41) is 0. The molecule has 218 valence electrons. The van der Waals surface area contributed by atoms with Gasteiger partial charge in [-0.1, -0.05) is 82.8 Å². The molecule has 0 aromatic carbocycles. The molecule has 7 heteroatoms. The molecule has 0 amide bonds. The van der Waals surface area contributed by atoms with Crippen molar-refractivity contribution in [2.75, 3.05) is 46.5 Å². The van der Waals surface area contributed by atoms with Crippen LogP contribution in [0.25, 0.3) is 0 Å². The Hall–Kier alpha value is -0.230. The van der Waals surface area contributed by atoms with Crippen molar-refractivity contribution in [2.24, 2.45) is 0 Å². The summed E-state index contributed by atoms with van der Waals surface area (Å²) in [6, 6.07) is 0. The Morgan fingerprint density at radius 3 is 2.03 bits per heavy atom. The normalized spacial score (nSPS) is 21.6. The molecule has 2 fully saturated rings. The van der Waals surface area contributed by atoms with Crippen LogP contribution in [-0.4, -0.2) is 57.1 Å². The SMILES string of the molecule is CCCCCCCCCCCCCC=C1CCC(OCCOP(=O)([O-])OCC[N+]2(C)CCCCC2)CC1. The van der Waals surface area contributed by atoms with Crippen molar-refractivity contribution >= 4 is 7.82 Å². The van der Waals surface area contributed by atoms with Gasteiger partial charge in [-0.2, -0.15) is 0 Å². The number of phosphoric acid groups is 1. The lowest BCUT2D eigenvalue weighted by molar-refractivity contribution is -0.914. The number of allylic oxidation sites excluding steroid dienone is 2. The van der Waals surface area contributed by atoms with Gasteiger partial charge in [0.1, 0.15) is 13.2 Å². The lowest BCUT2D eigenvalue weighted by Crippen LogP contribution is -2.49. The number of rotatable bonds is 21. The summed E-state index contributed by atoms with van der Waals surface area (Å²) in [4.78, 5) is 12.0. The maximum Gasteiger partial charge on any atom is 0.268 e. The highest BCUT2D eigenvalue weighted by atomic mass is 31.2. The van der Waals surface area contributed by atoms with Crippen molar-refractivity contribution in [3.63, 3.8) is 0 Å². The van der Waals surface area contributed by atoms with Crippen molar-refractivity contribution in [3.05, 3.63) is 11.6 Å². The number of likely N-dealkylation sites (tertiary alicyclic amines) is 1. The molecule has 0 bridgehead atoms. The molecule has 1 heterocycles. The van der Waals surface area contributed by atoms with E-state index in [0.717, 1.165) is 43.3 Å². The predicted molar refractivity (Wildman–Crippen MR) is 152 cm³/mol. The Labute approximate surface area is 228 Å². The van der Waals surface area contributed by atoms with E-state index in [1.807, 2.05) is 0 Å². The number of nitrogens with zero attached hydrogens (tertiary/aromatic N) is 1. The van der Waals surface area contributed by atoms with Crippen LogP contribution in [-0.2, 0) is 18.3 Å². The first-order chi connectivity index (χ1) is 17.9. The molecule has 6 nitrogen and oxygen atoms in total. The number of hydrogen-bond acceptors (Lipinski definition) is 5. The summed E-state index contributed by atoms with van der Waals surface area (Å²) < 4.78 is 28.9. The average molecular weight is 544 g/mol. The Morgan fingerprint density at radius 1 is 0.838 bits per heavy atom. The molecule has 37 heavy (non-hydrogen) atoms. The summed E-state index contributed by atoms with van der Waals surface area (Å²) >= 11 is 0. The van der Waals surface area contributed by atoms with Crippen molar-refractivity contribution in [1.29, 1.82) is 0 Å². The zero-order valence-electron chi connectivity index (χ0n) is 24.3. The van der Waals surface area contributed by atoms with Crippen LogP contribution < -0.4 is 4.89 Å². The standard InChI is InChI=1S/C30H58NO5P/c1-3-4-5-6-7-8-9-10-11-12-13-15-18-29-19-21-30(22-20-29)34-27-28-36-37(32,33)35-26-25-31(2)23-16-14-17-24-31/h18,30H,3-17,19-28H2,1-2H3. The van der Waals surface area contributed by atoms with E-state index in [2.05, 4.69) is 20.0 Å². The van der Waals surface area contributed by atoms with Crippen molar-refractivity contribution in [3.8, 4) is 0 Å². The van der Waals surface area contributed by atoms with E-state index >= 15 is 0 Å². The van der Waals surface area contributed by atoms with Gasteiger partial charge in [0.15, 0.2) is 0 Å². The monoisotopic (exact) mass is 543 g/mol. The van der Waals surface area contributed by atoms with Gasteiger partial charge in [0.25, 0.3) is 7.82 Å². The highest BCUT2D eigenvalue weighted by Gasteiger charge is 2.25. The van der Waals surface area contributed by atoms with Crippen LogP contribution >= 0.6 is 7.82 Å². The highest BCUT2D eigenvalue weighted by molar-refractivity contribution is 7.45. The average Bonchev–Trinajstić information content (AvgIpc) is 2.88. The lowest BCUT2D eigenvalue weighted by atomic mass is 9.91. The molecule has 0 aromatic rings. The molecule has 2 aliphatic rings. The smallest absolute Gasteiger partial charge is 0.268 e. The topological polar surface area (TPSA) is 67.8 Å². The van der Waals surface area contributed by atoms with E-state index in [1.54, 1.807) is 5.57 Å². The van der Waals surface area contributed by atoms with E-state index in [4.69, 9.17) is 13.8 Å². The summed E-state index contributed by atoms with van der Waals surface area (Å²) in [7, 11) is -2.07. The number of phosphoric ester groups is 1. The fraction of sp³-hybridized carbons (Fsp3) is 0.933. The third-order valence-corrected chi connectivity index (χ3v) is 9.28. The van der Waals surface area contributed by atoms with E-state index < -0.39 is 7.82 Å². The summed E-state index contributed by atoms with van der Waals surface area (Å²) in [6.45, 7) is 5.70. The minimum absolute atomic E-state index is 0.0327. The largest absolute Gasteiger partial charge is 0.756 e. The molecule has 1 saturated heterocycles. The Kier molecular flexibility index (Phi) is 17.6. The number of quaternary nitrogens is 1. The molecular formula is C30H58NO5P. The van der Waals surface area contributed by atoms with Gasteiger partial charge in [-0.3, -0.25) is 4.57 Å². The van der Waals surface area contributed by atoms with Gasteiger partial charge < -0.3 is 23.2 Å². The number of piperidine rings is 1. The molecule has 1 unspecified atom stereocenters. The summed E-state index contributed by atoms with van der Waals surface area (Å²) in [5.74, 6) is 0. The predicted octanol–water partition coefficient (Wildman–Crippen LogP) is 7.71. The Balaban J connectivity index is 1.41. The zero-order valence-corrected chi connectivity index (χ0v) is 25.2. The second-order valence-corrected chi connectivity index (χ2v) is 13.1. The lowest BCUT2D eigenvalue weighted by Gasteiger charge is -2.38. The van der Waals surface area contributed by atoms with Crippen LogP contribution in [0, 0.1) is 0 Å². The van der Waals surface area contributed by atoms with Crippen LogP contribution in [0.1, 0.15) is 129 Å². The minimum Gasteiger partial charge on any atom is -0.756 e. The van der Waals surface area contributed by atoms with Gasteiger partial charge >= 0.3 is 0 Å². The molecule has 0 radical (unpaired) electrons. The molecule has 1 saturated carbocycles. The van der Waals surface area contributed by atoms with Crippen LogP contribution in [0.2, 0.25) is 0 Å². The molecule has 2 rings (SSSR count). The molecule has 0 N–H and O–H groups in total. The number of ether oxygens (including phenoxy) is 1. The van der Waals surface area contributed by atoms with E-state index in [1.165, 1.54) is 96.3 Å². The van der Waals surface area contributed by atoms with Gasteiger partial charge in [0.2, 0.25) is 0 Å². The zero-order chi connectivity index (χ0) is 26.7. The molecule has 1 atom stereocenters. The van der Waals surface area contributed by atoms with Crippen LogP contribution in [0.4, 0.5) is 0 Å². The van der Waals surface area contributed by atoms with Crippen molar-refractivity contribution in [2.45, 2.75) is 135 Å². The van der Waals surface area contributed by atoms with Crippen LogP contribution in [0.5, 0.6) is 0 Å². The van der Waals surface area contributed by atoms with Crippen molar-refractivity contribution in [1.82, 2.24) is 0 Å². The number of hydrogen-bond donors (Lipinski definition) is 0. The molecule has 1 aliphatic carbocycles. The van der Waals surface area contributed by atoms with Gasteiger partial charge in [-0.15, -0.1) is 0 Å². The summed E-state index contributed by atoms with van der Waals surface area (Å²) in [5.41, 5.74) is 1.57. The fourth-order valence-corrected chi connectivity index (χ4v) is 6.40. The van der Waals surface area contributed by atoms with E-state index in [-0.39, 0.29) is 19.3 Å².